The van der Waals surface area contributed by atoms with Crippen molar-refractivity contribution in [3.05, 3.63) is 11.9 Å². The van der Waals surface area contributed by atoms with Gasteiger partial charge in [0.1, 0.15) is 5.70 Å². The lowest BCUT2D eigenvalue weighted by atomic mass is 10.0. The van der Waals surface area contributed by atoms with Crippen molar-refractivity contribution in [2.75, 3.05) is 26.2 Å². The van der Waals surface area contributed by atoms with Crippen molar-refractivity contribution in [1.29, 1.82) is 5.41 Å². The molecule has 0 unspecified atom stereocenters. The van der Waals surface area contributed by atoms with Crippen LogP contribution < -0.4 is 11.1 Å². The van der Waals surface area contributed by atoms with Gasteiger partial charge in [0.15, 0.2) is 6.61 Å². The lowest BCUT2D eigenvalue weighted by molar-refractivity contribution is -0.156. The monoisotopic (exact) mass is 338 g/mol. The van der Waals surface area contributed by atoms with Crippen molar-refractivity contribution in [3.63, 3.8) is 0 Å². The van der Waals surface area contributed by atoms with Crippen LogP contribution in [0.15, 0.2) is 11.9 Å². The summed E-state index contributed by atoms with van der Waals surface area (Å²) in [6, 6.07) is 0.127. The topological polar surface area (TPSA) is 94.6 Å². The van der Waals surface area contributed by atoms with Crippen LogP contribution in [0.25, 0.3) is 0 Å². The van der Waals surface area contributed by atoms with E-state index in [1.807, 2.05) is 0 Å². The SMILES string of the molecule is CC(C)(O)CN1CCC(N/C=C(/N)C(=N)OCC(F)(F)F)CC1. The third kappa shape index (κ3) is 8.65. The highest BCUT2D eigenvalue weighted by molar-refractivity contribution is 5.89. The summed E-state index contributed by atoms with van der Waals surface area (Å²) in [5.74, 6) is -0.700. The van der Waals surface area contributed by atoms with E-state index in [-0.39, 0.29) is 11.7 Å². The molecule has 134 valence electrons. The lowest BCUT2D eigenvalue weighted by Gasteiger charge is -2.35. The number of hydrogen-bond acceptors (Lipinski definition) is 6. The fraction of sp³-hybridized carbons (Fsp3) is 0.786. The third-order valence-corrected chi connectivity index (χ3v) is 3.32. The summed E-state index contributed by atoms with van der Waals surface area (Å²) in [6.45, 7) is 4.18. The quantitative estimate of drug-likeness (QED) is 0.431. The molecule has 0 bridgehead atoms. The first kappa shape index (κ1) is 19.6. The largest absolute Gasteiger partial charge is 0.467 e. The van der Waals surface area contributed by atoms with Crippen LogP contribution in [0.4, 0.5) is 13.2 Å². The van der Waals surface area contributed by atoms with Gasteiger partial charge in [0.2, 0.25) is 5.90 Å². The van der Waals surface area contributed by atoms with Crippen LogP contribution in [0.1, 0.15) is 26.7 Å². The molecule has 1 aliphatic heterocycles. The molecule has 0 amide bonds. The third-order valence-electron chi connectivity index (χ3n) is 3.32. The van der Waals surface area contributed by atoms with E-state index < -0.39 is 24.3 Å². The van der Waals surface area contributed by atoms with Crippen LogP contribution in [0, 0.1) is 5.41 Å². The fourth-order valence-electron chi connectivity index (χ4n) is 2.32. The van der Waals surface area contributed by atoms with Gasteiger partial charge in [-0.2, -0.15) is 13.2 Å². The number of hydrogen-bond donors (Lipinski definition) is 4. The minimum Gasteiger partial charge on any atom is -0.467 e. The molecule has 1 aliphatic rings. The Balaban J connectivity index is 2.34. The molecular formula is C14H25F3N4O2. The Morgan fingerprint density at radius 3 is 2.43 bits per heavy atom. The molecule has 0 saturated carbocycles. The molecule has 1 heterocycles. The minimum absolute atomic E-state index is 0.127. The predicted octanol–water partition coefficient (Wildman–Crippen LogP) is 1.17. The zero-order chi connectivity index (χ0) is 17.7. The summed E-state index contributed by atoms with van der Waals surface area (Å²) < 4.78 is 40.2. The van der Waals surface area contributed by atoms with E-state index in [9.17, 15) is 18.3 Å². The number of halogens is 3. The van der Waals surface area contributed by atoms with Gasteiger partial charge in [-0.1, -0.05) is 0 Å². The first-order valence-electron chi connectivity index (χ1n) is 7.41. The molecule has 5 N–H and O–H groups in total. The summed E-state index contributed by atoms with van der Waals surface area (Å²) in [5.41, 5.74) is 4.60. The first-order chi connectivity index (χ1) is 10.5. The van der Waals surface area contributed by atoms with Gasteiger partial charge in [-0.25, -0.2) is 0 Å². The highest BCUT2D eigenvalue weighted by Crippen LogP contribution is 2.15. The molecular weight excluding hydrogens is 313 g/mol. The normalized spacial score (nSPS) is 18.8. The molecule has 0 aromatic heterocycles. The van der Waals surface area contributed by atoms with E-state index in [1.54, 1.807) is 13.8 Å². The molecule has 0 radical (unpaired) electrons. The second kappa shape index (κ2) is 7.87. The molecule has 0 spiro atoms. The zero-order valence-electron chi connectivity index (χ0n) is 13.4. The number of nitrogens with zero attached hydrogens (tertiary/aromatic N) is 1. The number of nitrogens with one attached hydrogen (secondary N) is 2. The van der Waals surface area contributed by atoms with Crippen molar-refractivity contribution in [3.8, 4) is 0 Å². The Morgan fingerprint density at radius 1 is 1.39 bits per heavy atom. The van der Waals surface area contributed by atoms with Crippen molar-refractivity contribution >= 4 is 5.90 Å². The van der Waals surface area contributed by atoms with Crippen molar-refractivity contribution in [1.82, 2.24) is 10.2 Å². The minimum atomic E-state index is -4.49. The van der Waals surface area contributed by atoms with Gasteiger partial charge in [0.05, 0.1) is 5.60 Å². The Bertz CT molecular complexity index is 425. The molecule has 9 heteroatoms. The van der Waals surface area contributed by atoms with Gasteiger partial charge in [0.25, 0.3) is 0 Å². The van der Waals surface area contributed by atoms with E-state index >= 15 is 0 Å². The van der Waals surface area contributed by atoms with E-state index in [4.69, 9.17) is 11.1 Å². The van der Waals surface area contributed by atoms with Crippen LogP contribution in [0.2, 0.25) is 0 Å². The van der Waals surface area contributed by atoms with Crippen LogP contribution in [0.3, 0.4) is 0 Å². The van der Waals surface area contributed by atoms with Gasteiger partial charge in [-0.3, -0.25) is 5.41 Å². The molecule has 1 fully saturated rings. The summed E-state index contributed by atoms with van der Waals surface area (Å²) in [7, 11) is 0. The maximum atomic E-state index is 12.0. The Morgan fingerprint density at radius 2 is 1.96 bits per heavy atom. The second-order valence-electron chi connectivity index (χ2n) is 6.36. The summed E-state index contributed by atoms with van der Waals surface area (Å²) in [4.78, 5) is 2.15. The van der Waals surface area contributed by atoms with Crippen LogP contribution >= 0.6 is 0 Å². The predicted molar refractivity (Wildman–Crippen MR) is 80.9 cm³/mol. The molecule has 0 aromatic rings. The smallest absolute Gasteiger partial charge is 0.422 e. The average molecular weight is 338 g/mol. The Kier molecular flexibility index (Phi) is 6.69. The lowest BCUT2D eigenvalue weighted by Crippen LogP contribution is -2.46. The van der Waals surface area contributed by atoms with Gasteiger partial charge in [0, 0.05) is 31.9 Å². The van der Waals surface area contributed by atoms with Crippen molar-refractivity contribution in [2.24, 2.45) is 5.73 Å². The van der Waals surface area contributed by atoms with Gasteiger partial charge < -0.3 is 25.8 Å². The van der Waals surface area contributed by atoms with Crippen LogP contribution in [0.5, 0.6) is 0 Å². The van der Waals surface area contributed by atoms with Crippen LogP contribution in [-0.2, 0) is 4.74 Å². The zero-order valence-corrected chi connectivity index (χ0v) is 13.4. The summed E-state index contributed by atoms with van der Waals surface area (Å²) >= 11 is 0. The second-order valence-corrected chi connectivity index (χ2v) is 6.36. The number of ether oxygens (including phenoxy) is 1. The summed E-state index contributed by atoms with van der Waals surface area (Å²) in [6.07, 6.45) is -1.55. The van der Waals surface area contributed by atoms with E-state index in [2.05, 4.69) is 15.0 Å². The molecule has 1 rings (SSSR count). The highest BCUT2D eigenvalue weighted by atomic mass is 19.4. The Labute approximate surface area is 134 Å². The molecule has 0 atom stereocenters. The maximum absolute atomic E-state index is 12.0. The van der Waals surface area contributed by atoms with Crippen molar-refractivity contribution < 1.29 is 23.0 Å². The maximum Gasteiger partial charge on any atom is 0.422 e. The highest BCUT2D eigenvalue weighted by Gasteiger charge is 2.29. The summed E-state index contributed by atoms with van der Waals surface area (Å²) in [5, 5.41) is 20.1. The van der Waals surface area contributed by atoms with Gasteiger partial charge in [-0.05, 0) is 26.7 Å². The average Bonchev–Trinajstić information content (AvgIpc) is 2.41. The van der Waals surface area contributed by atoms with Gasteiger partial charge >= 0.3 is 6.18 Å². The number of rotatable bonds is 6. The standard InChI is InChI=1S/C14H25F3N4O2/c1-13(2,22)8-21-5-3-10(4-6-21)20-7-11(18)12(19)23-9-14(15,16)17/h7,10,19-20,22H,3-6,8-9,18H2,1-2H3/b11-7+,19-12?. The van der Waals surface area contributed by atoms with Gasteiger partial charge in [-0.15, -0.1) is 0 Å². The molecule has 6 nitrogen and oxygen atoms in total. The number of nitrogens with two attached hydrogens (primary N) is 1. The number of β-amino-alcohol motifs (C(OH)–C–C–N with tert-alkyl or cyclic N) is 1. The van der Waals surface area contributed by atoms with E-state index in [1.165, 1.54) is 6.20 Å². The Hall–Kier alpha value is -1.48. The number of aliphatic hydroxyl groups is 1. The number of likely N-dealkylation sites (tertiary alicyclic amines) is 1. The van der Waals surface area contributed by atoms with E-state index in [0.717, 1.165) is 25.9 Å². The fourth-order valence-corrected chi connectivity index (χ4v) is 2.32. The van der Waals surface area contributed by atoms with E-state index in [0.29, 0.717) is 6.54 Å². The molecule has 0 aromatic carbocycles. The molecule has 1 saturated heterocycles. The first-order valence-corrected chi connectivity index (χ1v) is 7.41. The number of alkyl halides is 3. The number of piperidine rings is 1. The van der Waals surface area contributed by atoms with Crippen molar-refractivity contribution in [2.45, 2.75) is 44.5 Å². The van der Waals surface area contributed by atoms with Crippen LogP contribution in [-0.4, -0.2) is 60.0 Å². The molecule has 0 aliphatic carbocycles. The molecule has 23 heavy (non-hydrogen) atoms.